The maximum absolute atomic E-state index is 12.2. The zero-order valence-electron chi connectivity index (χ0n) is 9.10. The molecular weight excluding hydrogens is 342 g/mol. The van der Waals surface area contributed by atoms with Crippen molar-refractivity contribution in [3.63, 3.8) is 0 Å². The Balaban J connectivity index is 2.28. The maximum atomic E-state index is 12.2. The molecule has 1 amide bonds. The van der Waals surface area contributed by atoms with Gasteiger partial charge in [-0.1, -0.05) is 27.5 Å². The first-order chi connectivity index (χ1) is 8.50. The molecule has 1 aliphatic rings. The van der Waals surface area contributed by atoms with Crippen molar-refractivity contribution < 1.29 is 14.7 Å². The van der Waals surface area contributed by atoms with Crippen molar-refractivity contribution in [2.75, 3.05) is 11.6 Å². The van der Waals surface area contributed by atoms with Gasteiger partial charge in [-0.05, 0) is 18.2 Å². The molecule has 1 saturated heterocycles. The van der Waals surface area contributed by atoms with Crippen LogP contribution in [-0.2, 0) is 4.79 Å². The van der Waals surface area contributed by atoms with Gasteiger partial charge in [-0.25, -0.2) is 4.79 Å². The topological polar surface area (TPSA) is 57.6 Å². The van der Waals surface area contributed by atoms with Gasteiger partial charge in [-0.2, -0.15) is 0 Å². The molecule has 0 saturated carbocycles. The number of benzene rings is 1. The molecule has 4 nitrogen and oxygen atoms in total. The van der Waals surface area contributed by atoms with Crippen LogP contribution in [0.15, 0.2) is 22.7 Å². The fraction of sp³-hybridized carbons (Fsp3) is 0.273. The highest BCUT2D eigenvalue weighted by molar-refractivity contribution is 9.10. The Morgan fingerprint density at radius 1 is 1.50 bits per heavy atom. The monoisotopic (exact) mass is 349 g/mol. The quantitative estimate of drug-likeness (QED) is 0.891. The van der Waals surface area contributed by atoms with E-state index in [0.29, 0.717) is 22.2 Å². The molecule has 0 radical (unpaired) electrons. The Labute approximate surface area is 121 Å². The van der Waals surface area contributed by atoms with E-state index in [2.05, 4.69) is 15.9 Å². The highest BCUT2D eigenvalue weighted by Gasteiger charge is 2.35. The first-order valence-corrected chi connectivity index (χ1v) is 7.40. The van der Waals surface area contributed by atoms with E-state index in [4.69, 9.17) is 16.7 Å². The van der Waals surface area contributed by atoms with Crippen molar-refractivity contribution in [1.29, 1.82) is 0 Å². The van der Waals surface area contributed by atoms with Gasteiger partial charge in [0.05, 0.1) is 16.5 Å². The van der Waals surface area contributed by atoms with Crippen molar-refractivity contribution in [3.05, 3.63) is 33.3 Å². The third kappa shape index (κ3) is 2.65. The lowest BCUT2D eigenvalue weighted by molar-refractivity contribution is -0.140. The molecule has 1 atom stereocenters. The second kappa shape index (κ2) is 5.50. The summed E-state index contributed by atoms with van der Waals surface area (Å²) >= 11 is 10.7. The Bertz CT molecular complexity index is 511. The molecule has 0 aliphatic carbocycles. The third-order valence-corrected chi connectivity index (χ3v) is 4.41. The minimum absolute atomic E-state index is 0.315. The average Bonchev–Trinajstić information content (AvgIpc) is 2.77. The van der Waals surface area contributed by atoms with Gasteiger partial charge in [0.15, 0.2) is 0 Å². The molecule has 96 valence electrons. The first kappa shape index (κ1) is 13.7. The number of nitrogens with zero attached hydrogens (tertiary/aromatic N) is 1. The fourth-order valence-electron chi connectivity index (χ4n) is 1.67. The summed E-state index contributed by atoms with van der Waals surface area (Å²) in [5, 5.41) is 9.36. The molecule has 2 rings (SSSR count). The van der Waals surface area contributed by atoms with Crippen LogP contribution in [0.25, 0.3) is 0 Å². The van der Waals surface area contributed by atoms with Crippen LogP contribution < -0.4 is 0 Å². The zero-order valence-corrected chi connectivity index (χ0v) is 12.3. The number of hydrogen-bond donors (Lipinski definition) is 1. The molecule has 0 aromatic heterocycles. The minimum Gasteiger partial charge on any atom is -0.480 e. The summed E-state index contributed by atoms with van der Waals surface area (Å²) in [5.74, 6) is -0.538. The Kier molecular flexibility index (Phi) is 4.19. The average molecular weight is 351 g/mol. The van der Waals surface area contributed by atoms with E-state index >= 15 is 0 Å². The number of thioether (sulfide) groups is 1. The van der Waals surface area contributed by atoms with Gasteiger partial charge in [0.1, 0.15) is 6.04 Å². The second-order valence-corrected chi connectivity index (χ2v) is 6.08. The van der Waals surface area contributed by atoms with E-state index in [1.165, 1.54) is 16.7 Å². The van der Waals surface area contributed by atoms with Crippen molar-refractivity contribution in [2.24, 2.45) is 0 Å². The van der Waals surface area contributed by atoms with Crippen LogP contribution in [0.3, 0.4) is 0 Å². The molecule has 1 fully saturated rings. The van der Waals surface area contributed by atoms with Gasteiger partial charge in [0.25, 0.3) is 5.91 Å². The molecule has 0 spiro atoms. The van der Waals surface area contributed by atoms with E-state index in [-0.39, 0.29) is 5.91 Å². The maximum Gasteiger partial charge on any atom is 0.327 e. The van der Waals surface area contributed by atoms with Crippen molar-refractivity contribution >= 4 is 51.2 Å². The van der Waals surface area contributed by atoms with E-state index in [1.54, 1.807) is 18.2 Å². The number of halogens is 2. The van der Waals surface area contributed by atoms with Gasteiger partial charge in [0.2, 0.25) is 0 Å². The normalized spacial score (nSPS) is 19.0. The highest BCUT2D eigenvalue weighted by atomic mass is 79.9. The molecule has 1 aromatic carbocycles. The summed E-state index contributed by atoms with van der Waals surface area (Å²) in [6, 6.07) is 4.14. The van der Waals surface area contributed by atoms with Gasteiger partial charge in [-0.3, -0.25) is 4.79 Å². The SMILES string of the molecule is O=C(O)[C@@H]1CSCN1C(=O)c1ccc(Br)cc1Cl. The van der Waals surface area contributed by atoms with E-state index in [1.807, 2.05) is 0 Å². The van der Waals surface area contributed by atoms with E-state index in [0.717, 1.165) is 4.47 Å². The largest absolute Gasteiger partial charge is 0.480 e. The summed E-state index contributed by atoms with van der Waals surface area (Å²) in [5.41, 5.74) is 0.327. The van der Waals surface area contributed by atoms with Gasteiger partial charge >= 0.3 is 5.97 Å². The number of carboxylic acids is 1. The number of amides is 1. The Morgan fingerprint density at radius 3 is 2.83 bits per heavy atom. The lowest BCUT2D eigenvalue weighted by Crippen LogP contribution is -2.41. The number of hydrogen-bond acceptors (Lipinski definition) is 3. The standard InChI is InChI=1S/C11H9BrClNO3S/c12-6-1-2-7(8(13)3-6)10(15)14-5-18-4-9(14)11(16)17/h1-3,9H,4-5H2,(H,16,17)/t9-/m0/s1. The van der Waals surface area contributed by atoms with Crippen molar-refractivity contribution in [1.82, 2.24) is 4.90 Å². The van der Waals surface area contributed by atoms with E-state index in [9.17, 15) is 9.59 Å². The molecule has 1 heterocycles. The highest BCUT2D eigenvalue weighted by Crippen LogP contribution is 2.27. The molecule has 18 heavy (non-hydrogen) atoms. The number of rotatable bonds is 2. The number of carbonyl (C=O) groups is 2. The van der Waals surface area contributed by atoms with Crippen LogP contribution in [-0.4, -0.2) is 39.6 Å². The van der Waals surface area contributed by atoms with Crippen LogP contribution in [0.2, 0.25) is 5.02 Å². The predicted molar refractivity (Wildman–Crippen MR) is 74.1 cm³/mol. The van der Waals surface area contributed by atoms with Gasteiger partial charge < -0.3 is 10.0 Å². The molecular formula is C11H9BrClNO3S. The van der Waals surface area contributed by atoms with Crippen LogP contribution in [0, 0.1) is 0 Å². The smallest absolute Gasteiger partial charge is 0.327 e. The van der Waals surface area contributed by atoms with Gasteiger partial charge in [-0.15, -0.1) is 11.8 Å². The van der Waals surface area contributed by atoms with Crippen LogP contribution in [0.4, 0.5) is 0 Å². The lowest BCUT2D eigenvalue weighted by atomic mass is 10.2. The summed E-state index contributed by atoms with van der Waals surface area (Å²) in [4.78, 5) is 24.6. The van der Waals surface area contributed by atoms with Crippen molar-refractivity contribution in [2.45, 2.75) is 6.04 Å². The predicted octanol–water partition coefficient (Wildman–Crippen LogP) is 2.70. The number of aliphatic carboxylic acids is 1. The lowest BCUT2D eigenvalue weighted by Gasteiger charge is -2.21. The summed E-state index contributed by atoms with van der Waals surface area (Å²) in [6.45, 7) is 0. The third-order valence-electron chi connectivity index (χ3n) is 2.59. The summed E-state index contributed by atoms with van der Waals surface area (Å²) in [7, 11) is 0. The molecule has 0 bridgehead atoms. The van der Waals surface area contributed by atoms with E-state index < -0.39 is 12.0 Å². The Hall–Kier alpha value is -0.720. The number of carbonyl (C=O) groups excluding carboxylic acids is 1. The molecule has 7 heteroatoms. The molecule has 0 unspecified atom stereocenters. The van der Waals surface area contributed by atoms with Crippen molar-refractivity contribution in [3.8, 4) is 0 Å². The molecule has 1 aliphatic heterocycles. The second-order valence-electron chi connectivity index (χ2n) is 3.75. The Morgan fingerprint density at radius 2 is 2.22 bits per heavy atom. The molecule has 1 N–H and O–H groups in total. The van der Waals surface area contributed by atoms with Crippen LogP contribution in [0.1, 0.15) is 10.4 Å². The van der Waals surface area contributed by atoms with Crippen LogP contribution >= 0.6 is 39.3 Å². The minimum atomic E-state index is -0.985. The summed E-state index contributed by atoms with van der Waals surface area (Å²) < 4.78 is 0.773. The first-order valence-electron chi connectivity index (χ1n) is 5.07. The fourth-order valence-corrected chi connectivity index (χ4v) is 3.56. The number of carboxylic acid groups (broad SMARTS) is 1. The van der Waals surface area contributed by atoms with Gasteiger partial charge in [0, 0.05) is 10.2 Å². The zero-order chi connectivity index (χ0) is 13.3. The van der Waals surface area contributed by atoms with Crippen LogP contribution in [0.5, 0.6) is 0 Å². The summed E-state index contributed by atoms with van der Waals surface area (Å²) in [6.07, 6.45) is 0. The molecule has 1 aromatic rings.